The lowest BCUT2D eigenvalue weighted by Gasteiger charge is -2.26. The number of likely N-dealkylation sites (N-methyl/N-ethyl adjacent to an activating group) is 1. The van der Waals surface area contributed by atoms with E-state index in [1.165, 1.54) is 11.3 Å². The van der Waals surface area contributed by atoms with Gasteiger partial charge in [-0.3, -0.25) is 24.2 Å². The van der Waals surface area contributed by atoms with E-state index >= 15 is 0 Å². The Hall–Kier alpha value is -2.52. The maximum absolute atomic E-state index is 13.2. The molecule has 1 aliphatic rings. The summed E-state index contributed by atoms with van der Waals surface area (Å²) in [7, 11) is 0. The minimum atomic E-state index is -0.303. The van der Waals surface area contributed by atoms with Gasteiger partial charge in [-0.05, 0) is 32.1 Å². The molecule has 2 heterocycles. The Labute approximate surface area is 180 Å². The van der Waals surface area contributed by atoms with Gasteiger partial charge in [-0.15, -0.1) is 0 Å². The number of benzene rings is 1. The number of hydrogen-bond donors (Lipinski definition) is 0. The van der Waals surface area contributed by atoms with Gasteiger partial charge >= 0.3 is 0 Å². The van der Waals surface area contributed by atoms with Crippen LogP contribution in [0.4, 0.5) is 5.13 Å². The summed E-state index contributed by atoms with van der Waals surface area (Å²) in [6.07, 6.45) is 0.342. The van der Waals surface area contributed by atoms with Gasteiger partial charge in [0, 0.05) is 25.9 Å². The zero-order chi connectivity index (χ0) is 21.7. The lowest BCUT2D eigenvalue weighted by molar-refractivity contribution is -0.141. The Morgan fingerprint density at radius 1 is 1.13 bits per heavy atom. The highest BCUT2D eigenvalue weighted by atomic mass is 32.1. The number of fused-ring (bicyclic) bond motifs is 1. The molecule has 1 aromatic heterocycles. The van der Waals surface area contributed by atoms with Gasteiger partial charge in [-0.1, -0.05) is 31.3 Å². The molecule has 1 saturated heterocycles. The average Bonchev–Trinajstić information content (AvgIpc) is 3.30. The fourth-order valence-electron chi connectivity index (χ4n) is 3.43. The molecule has 0 unspecified atom stereocenters. The molecule has 0 radical (unpaired) electrons. The number of carbonyl (C=O) groups is 3. The van der Waals surface area contributed by atoms with Crippen LogP contribution in [-0.4, -0.2) is 71.8 Å². The summed E-state index contributed by atoms with van der Waals surface area (Å²) in [5.41, 5.74) is 0.716. The molecule has 8 nitrogen and oxygen atoms in total. The van der Waals surface area contributed by atoms with E-state index in [4.69, 9.17) is 4.74 Å². The fraction of sp³-hybridized carbons (Fsp3) is 0.524. The summed E-state index contributed by atoms with van der Waals surface area (Å²) in [5.74, 6) is -0.207. The zero-order valence-electron chi connectivity index (χ0n) is 17.7. The minimum Gasteiger partial charge on any atom is -0.492 e. The summed E-state index contributed by atoms with van der Waals surface area (Å²) in [6.45, 7) is 9.18. The highest BCUT2D eigenvalue weighted by molar-refractivity contribution is 7.22. The van der Waals surface area contributed by atoms with Crippen molar-refractivity contribution in [3.8, 4) is 5.75 Å². The maximum Gasteiger partial charge on any atom is 0.248 e. The van der Waals surface area contributed by atoms with Crippen molar-refractivity contribution in [1.29, 1.82) is 0 Å². The third kappa shape index (κ3) is 4.79. The lowest BCUT2D eigenvalue weighted by Crippen LogP contribution is -2.45. The van der Waals surface area contributed by atoms with Crippen molar-refractivity contribution in [2.24, 2.45) is 0 Å². The van der Waals surface area contributed by atoms with E-state index < -0.39 is 0 Å². The monoisotopic (exact) mass is 432 g/mol. The lowest BCUT2D eigenvalue weighted by atomic mass is 10.3. The molecule has 0 atom stereocenters. The van der Waals surface area contributed by atoms with Crippen LogP contribution in [0, 0.1) is 0 Å². The quantitative estimate of drug-likeness (QED) is 0.537. The van der Waals surface area contributed by atoms with Crippen molar-refractivity contribution < 1.29 is 19.1 Å². The number of nitrogens with zero attached hydrogens (tertiary/aromatic N) is 4. The normalized spacial score (nSPS) is 14.2. The molecule has 0 bridgehead atoms. The van der Waals surface area contributed by atoms with E-state index in [-0.39, 0.29) is 37.1 Å². The Morgan fingerprint density at radius 3 is 2.47 bits per heavy atom. The van der Waals surface area contributed by atoms with E-state index in [1.54, 1.807) is 4.90 Å². The molecule has 3 amide bonds. The van der Waals surface area contributed by atoms with Crippen molar-refractivity contribution in [3.63, 3.8) is 0 Å². The van der Waals surface area contributed by atoms with Gasteiger partial charge in [0.25, 0.3) is 0 Å². The van der Waals surface area contributed by atoms with Crippen molar-refractivity contribution in [3.05, 3.63) is 18.2 Å². The van der Waals surface area contributed by atoms with Crippen LogP contribution < -0.4 is 9.64 Å². The number of thiazole rings is 1. The second-order valence-corrected chi connectivity index (χ2v) is 7.99. The second kappa shape index (κ2) is 9.99. The molecule has 9 heteroatoms. The topological polar surface area (TPSA) is 83.0 Å². The standard InChI is InChI=1S/C21H28N4O4S/c1-4-23(5-2)12-13-24(19(28)14-25-17(26)10-11-18(25)27)21-22-20-15(29-6-3)8-7-9-16(20)30-21/h7-9H,4-6,10-14H2,1-3H3. The Kier molecular flexibility index (Phi) is 7.38. The number of likely N-dealkylation sites (tertiary alicyclic amines) is 1. The Bertz CT molecular complexity index is 909. The first-order valence-corrected chi connectivity index (χ1v) is 11.2. The van der Waals surface area contributed by atoms with Gasteiger partial charge in [0.15, 0.2) is 5.13 Å². The van der Waals surface area contributed by atoms with Crippen LogP contribution in [-0.2, 0) is 14.4 Å². The molecule has 162 valence electrons. The van der Waals surface area contributed by atoms with Crippen LogP contribution in [0.15, 0.2) is 18.2 Å². The molecule has 3 rings (SSSR count). The summed E-state index contributed by atoms with van der Waals surface area (Å²) >= 11 is 1.41. The van der Waals surface area contributed by atoms with E-state index in [2.05, 4.69) is 23.7 Å². The molecule has 1 fully saturated rings. The molecular formula is C21H28N4O4S. The number of rotatable bonds is 10. The van der Waals surface area contributed by atoms with Crippen LogP contribution in [0.3, 0.4) is 0 Å². The number of ether oxygens (including phenoxy) is 1. The van der Waals surface area contributed by atoms with Gasteiger partial charge in [0.1, 0.15) is 17.8 Å². The first-order chi connectivity index (χ1) is 14.5. The Morgan fingerprint density at radius 2 is 1.83 bits per heavy atom. The summed E-state index contributed by atoms with van der Waals surface area (Å²) in [5, 5.41) is 0.549. The average molecular weight is 433 g/mol. The number of carbonyl (C=O) groups excluding carboxylic acids is 3. The molecule has 1 aromatic carbocycles. The molecule has 0 saturated carbocycles. The Balaban J connectivity index is 1.89. The van der Waals surface area contributed by atoms with Crippen LogP contribution in [0.1, 0.15) is 33.6 Å². The number of imide groups is 1. The van der Waals surface area contributed by atoms with Crippen molar-refractivity contribution in [2.75, 3.05) is 44.2 Å². The summed E-state index contributed by atoms with van der Waals surface area (Å²) < 4.78 is 6.60. The van der Waals surface area contributed by atoms with E-state index in [1.807, 2.05) is 25.1 Å². The molecule has 0 aliphatic carbocycles. The van der Waals surface area contributed by atoms with Crippen LogP contribution in [0.5, 0.6) is 5.75 Å². The predicted octanol–water partition coefficient (Wildman–Crippen LogP) is 2.52. The largest absolute Gasteiger partial charge is 0.492 e. The number of para-hydroxylation sites is 1. The number of anilines is 1. The van der Waals surface area contributed by atoms with Crippen molar-refractivity contribution in [2.45, 2.75) is 33.6 Å². The third-order valence-corrected chi connectivity index (χ3v) is 6.23. The molecule has 30 heavy (non-hydrogen) atoms. The minimum absolute atomic E-state index is 0.171. The second-order valence-electron chi connectivity index (χ2n) is 6.98. The molecule has 2 aromatic rings. The predicted molar refractivity (Wildman–Crippen MR) is 117 cm³/mol. The van der Waals surface area contributed by atoms with E-state index in [0.717, 1.165) is 22.7 Å². The molecule has 0 N–H and O–H groups in total. The van der Waals surface area contributed by atoms with Gasteiger partial charge in [-0.25, -0.2) is 4.98 Å². The first kappa shape index (κ1) is 22.2. The SMILES string of the molecule is CCOc1cccc2sc(N(CCN(CC)CC)C(=O)CN3C(=O)CCC3=O)nc12. The highest BCUT2D eigenvalue weighted by Crippen LogP contribution is 2.34. The molecule has 1 aliphatic heterocycles. The van der Waals surface area contributed by atoms with E-state index in [9.17, 15) is 14.4 Å². The van der Waals surface area contributed by atoms with E-state index in [0.29, 0.717) is 36.1 Å². The van der Waals surface area contributed by atoms with Crippen LogP contribution in [0.25, 0.3) is 10.2 Å². The van der Waals surface area contributed by atoms with Gasteiger partial charge < -0.3 is 9.64 Å². The highest BCUT2D eigenvalue weighted by Gasteiger charge is 2.33. The first-order valence-electron chi connectivity index (χ1n) is 10.4. The third-order valence-electron chi connectivity index (χ3n) is 5.18. The molecule has 0 spiro atoms. The number of amides is 3. The maximum atomic E-state index is 13.2. The molecular weight excluding hydrogens is 404 g/mol. The summed E-state index contributed by atoms with van der Waals surface area (Å²) in [6, 6.07) is 5.71. The summed E-state index contributed by atoms with van der Waals surface area (Å²) in [4.78, 5) is 46.7. The van der Waals surface area contributed by atoms with Crippen molar-refractivity contribution in [1.82, 2.24) is 14.8 Å². The number of hydrogen-bond acceptors (Lipinski definition) is 7. The smallest absolute Gasteiger partial charge is 0.248 e. The van der Waals surface area contributed by atoms with Crippen LogP contribution >= 0.6 is 11.3 Å². The number of aromatic nitrogens is 1. The zero-order valence-corrected chi connectivity index (χ0v) is 18.5. The fourth-order valence-corrected chi connectivity index (χ4v) is 4.45. The van der Waals surface area contributed by atoms with Crippen molar-refractivity contribution >= 4 is 44.4 Å². The van der Waals surface area contributed by atoms with Gasteiger partial charge in [0.05, 0.1) is 11.3 Å². The van der Waals surface area contributed by atoms with Gasteiger partial charge in [-0.2, -0.15) is 0 Å². The van der Waals surface area contributed by atoms with Crippen LogP contribution in [0.2, 0.25) is 0 Å². The van der Waals surface area contributed by atoms with Gasteiger partial charge in [0.2, 0.25) is 17.7 Å².